The number of thiophene rings is 1. The number of hydrogen-bond donors (Lipinski definition) is 1. The summed E-state index contributed by atoms with van der Waals surface area (Å²) in [6, 6.07) is 13.4. The quantitative estimate of drug-likeness (QED) is 0.570. The van der Waals surface area contributed by atoms with Gasteiger partial charge in [0.2, 0.25) is 5.91 Å². The maximum absolute atomic E-state index is 11.4. The number of ether oxygens (including phenoxy) is 1. The summed E-state index contributed by atoms with van der Waals surface area (Å²) < 4.78 is 7.93. The van der Waals surface area contributed by atoms with E-state index in [-0.39, 0.29) is 12.3 Å². The highest BCUT2D eigenvalue weighted by Crippen LogP contribution is 2.37. The smallest absolute Gasteiger partial charge is 0.222 e. The lowest BCUT2D eigenvalue weighted by atomic mass is 10.3. The van der Waals surface area contributed by atoms with E-state index in [1.165, 1.54) is 11.3 Å². The molecule has 0 aliphatic rings. The molecule has 0 spiro atoms. The molecule has 26 heavy (non-hydrogen) atoms. The summed E-state index contributed by atoms with van der Waals surface area (Å²) >= 11 is 1.49. The molecule has 4 heterocycles. The summed E-state index contributed by atoms with van der Waals surface area (Å²) in [5.74, 6) is 0.263. The van der Waals surface area contributed by atoms with Gasteiger partial charge < -0.3 is 10.5 Å². The van der Waals surface area contributed by atoms with Crippen molar-refractivity contribution >= 4 is 22.9 Å². The van der Waals surface area contributed by atoms with E-state index in [9.17, 15) is 4.79 Å². The molecule has 0 saturated heterocycles. The van der Waals surface area contributed by atoms with E-state index in [4.69, 9.17) is 10.5 Å². The number of amides is 1. The van der Waals surface area contributed by atoms with Crippen molar-refractivity contribution in [3.63, 3.8) is 0 Å². The lowest BCUT2D eigenvalue weighted by Crippen LogP contribution is -2.13. The van der Waals surface area contributed by atoms with Crippen LogP contribution >= 0.6 is 11.3 Å². The van der Waals surface area contributed by atoms with Gasteiger partial charge in [-0.15, -0.1) is 11.3 Å². The molecular formula is C19H16N4O2S. The first-order chi connectivity index (χ1) is 12.7. The van der Waals surface area contributed by atoms with E-state index in [0.717, 1.165) is 26.8 Å². The largest absolute Gasteiger partial charge is 0.486 e. The Hall–Kier alpha value is -3.19. The van der Waals surface area contributed by atoms with Crippen LogP contribution in [-0.4, -0.2) is 20.3 Å². The van der Waals surface area contributed by atoms with Crippen LogP contribution in [0.15, 0.2) is 61.1 Å². The summed E-state index contributed by atoms with van der Waals surface area (Å²) in [5.41, 5.74) is 8.03. The van der Waals surface area contributed by atoms with Gasteiger partial charge in [0.1, 0.15) is 18.0 Å². The Balaban J connectivity index is 1.68. The third kappa shape index (κ3) is 3.29. The number of fused-ring (bicyclic) bond motifs is 1. The maximum Gasteiger partial charge on any atom is 0.222 e. The van der Waals surface area contributed by atoms with Gasteiger partial charge >= 0.3 is 0 Å². The molecule has 0 saturated carbocycles. The van der Waals surface area contributed by atoms with Gasteiger partial charge in [-0.1, -0.05) is 12.1 Å². The highest BCUT2D eigenvalue weighted by Gasteiger charge is 2.16. The fraction of sp³-hybridized carbons (Fsp3) is 0.105. The molecule has 4 aromatic heterocycles. The second-order valence-electron chi connectivity index (χ2n) is 5.72. The average molecular weight is 364 g/mol. The number of carbonyl (C=O) groups excluding carboxylic acids is 1. The van der Waals surface area contributed by atoms with Crippen LogP contribution in [0.3, 0.4) is 0 Å². The van der Waals surface area contributed by atoms with E-state index < -0.39 is 0 Å². The van der Waals surface area contributed by atoms with Crippen molar-refractivity contribution in [1.29, 1.82) is 0 Å². The predicted molar refractivity (Wildman–Crippen MR) is 100.0 cm³/mol. The van der Waals surface area contributed by atoms with E-state index in [0.29, 0.717) is 12.4 Å². The SMILES string of the molecule is NC(=O)Cc1sc(-c2cnc3ccccn23)cc1OCc1ccccn1. The monoisotopic (exact) mass is 364 g/mol. The zero-order chi connectivity index (χ0) is 17.9. The first kappa shape index (κ1) is 16.3. The number of hydrogen-bond acceptors (Lipinski definition) is 5. The van der Waals surface area contributed by atoms with Gasteiger partial charge in [-0.25, -0.2) is 4.98 Å². The van der Waals surface area contributed by atoms with Crippen LogP contribution in [0.4, 0.5) is 0 Å². The van der Waals surface area contributed by atoms with Crippen molar-refractivity contribution < 1.29 is 9.53 Å². The Morgan fingerprint density at radius 3 is 2.88 bits per heavy atom. The zero-order valence-electron chi connectivity index (χ0n) is 13.8. The van der Waals surface area contributed by atoms with Crippen LogP contribution in [-0.2, 0) is 17.8 Å². The van der Waals surface area contributed by atoms with Crippen molar-refractivity contribution in [3.8, 4) is 16.3 Å². The molecule has 0 unspecified atom stereocenters. The van der Waals surface area contributed by atoms with Crippen LogP contribution in [0, 0.1) is 0 Å². The normalized spacial score (nSPS) is 10.9. The van der Waals surface area contributed by atoms with Gasteiger partial charge in [0.05, 0.1) is 33.8 Å². The lowest BCUT2D eigenvalue weighted by Gasteiger charge is -2.05. The Morgan fingerprint density at radius 1 is 1.19 bits per heavy atom. The van der Waals surface area contributed by atoms with Gasteiger partial charge in [0, 0.05) is 18.5 Å². The van der Waals surface area contributed by atoms with Crippen molar-refractivity contribution in [2.75, 3.05) is 0 Å². The third-order valence-electron chi connectivity index (χ3n) is 3.88. The van der Waals surface area contributed by atoms with E-state index in [1.807, 2.05) is 59.3 Å². The van der Waals surface area contributed by atoms with Gasteiger partial charge in [-0.3, -0.25) is 14.2 Å². The minimum atomic E-state index is -0.390. The number of primary amides is 1. The van der Waals surface area contributed by atoms with Crippen LogP contribution < -0.4 is 10.5 Å². The average Bonchev–Trinajstić information content (AvgIpc) is 3.24. The van der Waals surface area contributed by atoms with Gasteiger partial charge in [0.15, 0.2) is 0 Å². The van der Waals surface area contributed by atoms with Crippen molar-refractivity contribution in [3.05, 3.63) is 71.6 Å². The van der Waals surface area contributed by atoms with Crippen LogP contribution in [0.25, 0.3) is 16.2 Å². The second-order valence-corrected chi connectivity index (χ2v) is 6.86. The first-order valence-corrected chi connectivity index (χ1v) is 8.88. The summed E-state index contributed by atoms with van der Waals surface area (Å²) in [5, 5.41) is 0. The Kier molecular flexibility index (Phi) is 4.37. The van der Waals surface area contributed by atoms with Crippen LogP contribution in [0.1, 0.15) is 10.6 Å². The summed E-state index contributed by atoms with van der Waals surface area (Å²) in [4.78, 5) is 21.9. The molecule has 4 rings (SSSR count). The molecule has 0 fully saturated rings. The van der Waals surface area contributed by atoms with Crippen molar-refractivity contribution in [1.82, 2.24) is 14.4 Å². The molecule has 2 N–H and O–H groups in total. The van der Waals surface area contributed by atoms with Gasteiger partial charge in [0.25, 0.3) is 0 Å². The van der Waals surface area contributed by atoms with E-state index in [2.05, 4.69) is 9.97 Å². The number of aromatic nitrogens is 3. The molecule has 0 aromatic carbocycles. The Morgan fingerprint density at radius 2 is 2.08 bits per heavy atom. The molecule has 1 amide bonds. The topological polar surface area (TPSA) is 82.5 Å². The molecule has 0 aliphatic carbocycles. The fourth-order valence-corrected chi connectivity index (χ4v) is 3.81. The number of imidazole rings is 1. The second kappa shape index (κ2) is 6.97. The maximum atomic E-state index is 11.4. The summed E-state index contributed by atoms with van der Waals surface area (Å²) in [6.07, 6.45) is 5.64. The molecular weight excluding hydrogens is 348 g/mol. The minimum Gasteiger partial charge on any atom is -0.486 e. The summed E-state index contributed by atoms with van der Waals surface area (Å²) in [7, 11) is 0. The van der Waals surface area contributed by atoms with Crippen LogP contribution in [0.5, 0.6) is 5.75 Å². The molecule has 4 aromatic rings. The summed E-state index contributed by atoms with van der Waals surface area (Å²) in [6.45, 7) is 0.329. The molecule has 6 nitrogen and oxygen atoms in total. The third-order valence-corrected chi connectivity index (χ3v) is 5.01. The van der Waals surface area contributed by atoms with Crippen LogP contribution in [0.2, 0.25) is 0 Å². The van der Waals surface area contributed by atoms with E-state index >= 15 is 0 Å². The van der Waals surface area contributed by atoms with Gasteiger partial charge in [-0.2, -0.15) is 0 Å². The zero-order valence-corrected chi connectivity index (χ0v) is 14.6. The van der Waals surface area contributed by atoms with Gasteiger partial charge in [-0.05, 0) is 24.3 Å². The molecule has 0 radical (unpaired) electrons. The lowest BCUT2D eigenvalue weighted by molar-refractivity contribution is -0.117. The molecule has 0 bridgehead atoms. The van der Waals surface area contributed by atoms with Crippen molar-refractivity contribution in [2.24, 2.45) is 5.73 Å². The standard InChI is InChI=1S/C19H16N4O2S/c20-18(24)10-17-15(25-12-13-5-1-3-7-21-13)9-16(26-17)14-11-22-19-6-2-4-8-23(14)19/h1-9,11H,10,12H2,(H2,20,24). The fourth-order valence-electron chi connectivity index (χ4n) is 2.69. The number of nitrogens with two attached hydrogens (primary N) is 1. The molecule has 0 atom stereocenters. The van der Waals surface area contributed by atoms with Crippen molar-refractivity contribution in [2.45, 2.75) is 13.0 Å². The molecule has 7 heteroatoms. The Bertz CT molecular complexity index is 1060. The highest BCUT2D eigenvalue weighted by atomic mass is 32.1. The Labute approximate surface area is 153 Å². The number of carbonyl (C=O) groups is 1. The predicted octanol–water partition coefficient (Wildman–Crippen LogP) is 3.06. The minimum absolute atomic E-state index is 0.138. The highest BCUT2D eigenvalue weighted by molar-refractivity contribution is 7.15. The van der Waals surface area contributed by atoms with E-state index in [1.54, 1.807) is 6.20 Å². The number of pyridine rings is 2. The number of rotatable bonds is 6. The first-order valence-electron chi connectivity index (χ1n) is 8.07. The molecule has 0 aliphatic heterocycles. The number of nitrogens with zero attached hydrogens (tertiary/aromatic N) is 3. The molecule has 130 valence electrons.